The summed E-state index contributed by atoms with van der Waals surface area (Å²) in [7, 11) is 3.02. The van der Waals surface area contributed by atoms with Crippen molar-refractivity contribution in [2.24, 2.45) is 0 Å². The summed E-state index contributed by atoms with van der Waals surface area (Å²) in [5.74, 6) is -0.139. The van der Waals surface area contributed by atoms with Gasteiger partial charge in [-0.15, -0.1) is 11.3 Å². The van der Waals surface area contributed by atoms with Crippen LogP contribution in [0.4, 0.5) is 0 Å². The largest absolute Gasteiger partial charge is 0.507 e. The molecule has 0 saturated carbocycles. The summed E-state index contributed by atoms with van der Waals surface area (Å²) in [6.45, 7) is 4.48. The number of carbonyl (C=O) groups is 2. The lowest BCUT2D eigenvalue weighted by Gasteiger charge is -2.27. The van der Waals surface area contributed by atoms with Gasteiger partial charge in [0.25, 0.3) is 11.7 Å². The zero-order chi connectivity index (χ0) is 25.1. The van der Waals surface area contributed by atoms with Gasteiger partial charge in [0.2, 0.25) is 0 Å². The van der Waals surface area contributed by atoms with Gasteiger partial charge < -0.3 is 24.2 Å². The van der Waals surface area contributed by atoms with Crippen LogP contribution in [0.2, 0.25) is 0 Å². The second-order valence-corrected chi connectivity index (χ2v) is 9.03. The average Bonchev–Trinajstić information content (AvgIpc) is 3.46. The number of hydrogen-bond acceptors (Lipinski definition) is 7. The van der Waals surface area contributed by atoms with Gasteiger partial charge in [0, 0.05) is 16.0 Å². The molecule has 182 valence electrons. The molecule has 1 aliphatic heterocycles. The number of aliphatic hydroxyl groups is 1. The highest BCUT2D eigenvalue weighted by molar-refractivity contribution is 7.09. The van der Waals surface area contributed by atoms with Crippen LogP contribution < -0.4 is 14.2 Å². The summed E-state index contributed by atoms with van der Waals surface area (Å²) < 4.78 is 16.7. The first kappa shape index (κ1) is 24.3. The molecule has 7 nitrogen and oxygen atoms in total. The number of Topliss-reactive ketones (excluding diaryl/α,β-unsaturated/α-hetero) is 1. The fourth-order valence-electron chi connectivity index (χ4n) is 4.33. The third kappa shape index (κ3) is 4.49. The molecule has 1 aromatic heterocycles. The maximum Gasteiger partial charge on any atom is 0.295 e. The lowest BCUT2D eigenvalue weighted by atomic mass is 9.94. The minimum Gasteiger partial charge on any atom is -0.507 e. The minimum absolute atomic E-state index is 0.00155. The summed E-state index contributed by atoms with van der Waals surface area (Å²) >= 11 is 1.49. The van der Waals surface area contributed by atoms with E-state index in [9.17, 15) is 14.7 Å². The topological polar surface area (TPSA) is 85.3 Å². The summed E-state index contributed by atoms with van der Waals surface area (Å²) in [6, 6.07) is 13.4. The van der Waals surface area contributed by atoms with Crippen LogP contribution in [-0.2, 0) is 16.1 Å². The molecule has 1 atom stereocenters. The molecule has 4 rings (SSSR count). The Morgan fingerprint density at radius 1 is 1.06 bits per heavy atom. The second-order valence-electron chi connectivity index (χ2n) is 8.00. The second kappa shape index (κ2) is 10.2. The lowest BCUT2D eigenvalue weighted by molar-refractivity contribution is -0.140. The lowest BCUT2D eigenvalue weighted by Crippen LogP contribution is -2.29. The van der Waals surface area contributed by atoms with E-state index in [4.69, 9.17) is 14.2 Å². The minimum atomic E-state index is -0.867. The first-order valence-corrected chi connectivity index (χ1v) is 12.0. The number of methoxy groups -OCH3 is 2. The molecule has 0 spiro atoms. The van der Waals surface area contributed by atoms with E-state index in [0.717, 1.165) is 10.4 Å². The molecule has 0 radical (unpaired) electrons. The number of hydrogen-bond donors (Lipinski definition) is 1. The van der Waals surface area contributed by atoms with Crippen molar-refractivity contribution < 1.29 is 28.9 Å². The van der Waals surface area contributed by atoms with Gasteiger partial charge >= 0.3 is 0 Å². The Morgan fingerprint density at radius 3 is 2.49 bits per heavy atom. The Kier molecular flexibility index (Phi) is 7.12. The highest BCUT2D eigenvalue weighted by atomic mass is 32.1. The van der Waals surface area contributed by atoms with Crippen LogP contribution in [-0.4, -0.2) is 42.5 Å². The van der Waals surface area contributed by atoms with Gasteiger partial charge in [0.05, 0.1) is 39.0 Å². The zero-order valence-corrected chi connectivity index (χ0v) is 20.8. The number of benzene rings is 2. The van der Waals surface area contributed by atoms with Gasteiger partial charge in [-0.05, 0) is 55.1 Å². The van der Waals surface area contributed by atoms with Crippen LogP contribution in [0.1, 0.15) is 34.5 Å². The summed E-state index contributed by atoms with van der Waals surface area (Å²) in [5, 5.41) is 13.3. The van der Waals surface area contributed by atoms with Crippen molar-refractivity contribution in [1.29, 1.82) is 0 Å². The predicted octanol–water partition coefficient (Wildman–Crippen LogP) is 5.09. The highest BCUT2D eigenvalue weighted by Gasteiger charge is 2.47. The van der Waals surface area contributed by atoms with Crippen molar-refractivity contribution in [3.63, 3.8) is 0 Å². The van der Waals surface area contributed by atoms with E-state index in [1.807, 2.05) is 31.4 Å². The van der Waals surface area contributed by atoms with Crippen molar-refractivity contribution in [1.82, 2.24) is 4.90 Å². The zero-order valence-electron chi connectivity index (χ0n) is 20.0. The standard InChI is InChI=1S/C27H27NO6S/c1-5-34-20-12-11-17(14-16(20)2)24(29)22-23(19-9-6-10-21(32-3)26(19)33-4)28(27(31)25(22)30)15-18-8-7-13-35-18/h6-14,23,29H,5,15H2,1-4H3/b24-22+. The number of carbonyl (C=O) groups excluding carboxylic acids is 2. The molecule has 0 bridgehead atoms. The molecule has 35 heavy (non-hydrogen) atoms. The summed E-state index contributed by atoms with van der Waals surface area (Å²) in [4.78, 5) is 29.0. The number of para-hydroxylation sites is 1. The van der Waals surface area contributed by atoms with Gasteiger partial charge in [-0.1, -0.05) is 18.2 Å². The molecule has 8 heteroatoms. The number of amides is 1. The van der Waals surface area contributed by atoms with Crippen molar-refractivity contribution in [3.8, 4) is 17.2 Å². The maximum absolute atomic E-state index is 13.3. The first-order valence-electron chi connectivity index (χ1n) is 11.2. The molecule has 3 aromatic rings. The molecule has 2 aromatic carbocycles. The van der Waals surface area contributed by atoms with Crippen LogP contribution in [0.3, 0.4) is 0 Å². The summed E-state index contributed by atoms with van der Waals surface area (Å²) in [6.07, 6.45) is 0. The number of thiophene rings is 1. The number of likely N-dealkylation sites (tertiary alicyclic amines) is 1. The number of aliphatic hydroxyl groups excluding tert-OH is 1. The number of ether oxygens (including phenoxy) is 3. The van der Waals surface area contributed by atoms with E-state index < -0.39 is 17.7 Å². The maximum atomic E-state index is 13.3. The van der Waals surface area contributed by atoms with Gasteiger partial charge in [0.1, 0.15) is 11.5 Å². The quantitative estimate of drug-likeness (QED) is 0.267. The molecule has 1 aliphatic rings. The first-order chi connectivity index (χ1) is 16.9. The monoisotopic (exact) mass is 493 g/mol. The van der Waals surface area contributed by atoms with Crippen LogP contribution in [0, 0.1) is 6.92 Å². The third-order valence-corrected chi connectivity index (χ3v) is 6.78. The number of rotatable bonds is 8. The summed E-state index contributed by atoms with van der Waals surface area (Å²) in [5.41, 5.74) is 1.78. The van der Waals surface area contributed by atoms with Crippen LogP contribution in [0.15, 0.2) is 59.5 Å². The molecule has 1 fully saturated rings. The van der Waals surface area contributed by atoms with Crippen molar-refractivity contribution in [2.75, 3.05) is 20.8 Å². The fourth-order valence-corrected chi connectivity index (χ4v) is 5.04. The Morgan fingerprint density at radius 2 is 1.86 bits per heavy atom. The molecule has 2 heterocycles. The molecule has 1 unspecified atom stereocenters. The number of aryl methyl sites for hydroxylation is 1. The van der Waals surface area contributed by atoms with Gasteiger partial charge in [0.15, 0.2) is 11.5 Å². The van der Waals surface area contributed by atoms with Crippen LogP contribution in [0.5, 0.6) is 17.2 Å². The van der Waals surface area contributed by atoms with Gasteiger partial charge in [-0.3, -0.25) is 9.59 Å². The number of nitrogens with zero attached hydrogens (tertiary/aromatic N) is 1. The van der Waals surface area contributed by atoms with E-state index in [-0.39, 0.29) is 17.9 Å². The molecular formula is C27H27NO6S. The molecular weight excluding hydrogens is 466 g/mol. The third-order valence-electron chi connectivity index (χ3n) is 5.92. The normalized spacial score (nSPS) is 17.0. The van der Waals surface area contributed by atoms with E-state index in [2.05, 4.69) is 0 Å². The van der Waals surface area contributed by atoms with Crippen molar-refractivity contribution >= 4 is 28.8 Å². The fraction of sp³-hybridized carbons (Fsp3) is 0.259. The van der Waals surface area contributed by atoms with Crippen molar-refractivity contribution in [3.05, 3.63) is 81.1 Å². The van der Waals surface area contributed by atoms with Crippen molar-refractivity contribution in [2.45, 2.75) is 26.4 Å². The Labute approximate surface area is 208 Å². The van der Waals surface area contributed by atoms with E-state index in [1.165, 1.54) is 30.5 Å². The van der Waals surface area contributed by atoms with Gasteiger partial charge in [-0.2, -0.15) is 0 Å². The smallest absolute Gasteiger partial charge is 0.295 e. The highest BCUT2D eigenvalue weighted by Crippen LogP contribution is 2.46. The molecule has 1 N–H and O–H groups in total. The van der Waals surface area contributed by atoms with E-state index >= 15 is 0 Å². The Bertz CT molecular complexity index is 1280. The Hall–Kier alpha value is -3.78. The average molecular weight is 494 g/mol. The SMILES string of the molecule is CCOc1ccc(/C(O)=C2\C(=O)C(=O)N(Cc3cccs3)C2c2cccc(OC)c2OC)cc1C. The van der Waals surface area contributed by atoms with Crippen LogP contribution >= 0.6 is 11.3 Å². The van der Waals surface area contributed by atoms with Crippen LogP contribution in [0.25, 0.3) is 5.76 Å². The van der Waals surface area contributed by atoms with E-state index in [1.54, 1.807) is 36.4 Å². The molecule has 0 aliphatic carbocycles. The van der Waals surface area contributed by atoms with E-state index in [0.29, 0.717) is 35.0 Å². The predicted molar refractivity (Wildman–Crippen MR) is 134 cm³/mol. The molecule has 1 amide bonds. The van der Waals surface area contributed by atoms with Gasteiger partial charge in [-0.25, -0.2) is 0 Å². The molecule has 1 saturated heterocycles. The number of ketones is 1. The Balaban J connectivity index is 1.92.